The predicted molar refractivity (Wildman–Crippen MR) is 108 cm³/mol. The Bertz CT molecular complexity index is 955. The molecule has 6 heteroatoms. The number of hydrogen-bond donors (Lipinski definition) is 1. The highest BCUT2D eigenvalue weighted by atomic mass is 32.1. The first-order chi connectivity index (χ1) is 13.0. The van der Waals surface area contributed by atoms with Crippen molar-refractivity contribution in [1.82, 2.24) is 4.90 Å². The number of carbonyl (C=O) groups excluding carboxylic acids is 2. The Morgan fingerprint density at radius 2 is 1.89 bits per heavy atom. The van der Waals surface area contributed by atoms with Crippen LogP contribution < -0.4 is 5.32 Å². The second-order valence-electron chi connectivity index (χ2n) is 6.29. The number of anilines is 1. The summed E-state index contributed by atoms with van der Waals surface area (Å²) in [5.74, 6) is -0.858. The number of halogens is 1. The third-order valence-corrected chi connectivity index (χ3v) is 5.42. The largest absolute Gasteiger partial charge is 0.326 e. The van der Waals surface area contributed by atoms with E-state index in [2.05, 4.69) is 5.32 Å². The van der Waals surface area contributed by atoms with Gasteiger partial charge in [0.15, 0.2) is 0 Å². The molecule has 1 heterocycles. The summed E-state index contributed by atoms with van der Waals surface area (Å²) in [7, 11) is 0. The van der Waals surface area contributed by atoms with Crippen LogP contribution in [0.5, 0.6) is 0 Å². The molecule has 140 valence electrons. The van der Waals surface area contributed by atoms with Crippen LogP contribution in [-0.2, 0) is 4.79 Å². The molecule has 3 aromatic rings. The van der Waals surface area contributed by atoms with Crippen molar-refractivity contribution in [1.29, 1.82) is 0 Å². The van der Waals surface area contributed by atoms with Gasteiger partial charge in [0.25, 0.3) is 5.91 Å². The molecule has 0 bridgehead atoms. The summed E-state index contributed by atoms with van der Waals surface area (Å²) in [6.07, 6.45) is 0.716. The summed E-state index contributed by atoms with van der Waals surface area (Å²) in [4.78, 5) is 27.7. The Hall–Kier alpha value is -2.73. The van der Waals surface area contributed by atoms with Crippen LogP contribution in [0, 0.1) is 5.82 Å². The van der Waals surface area contributed by atoms with Gasteiger partial charge in [-0.1, -0.05) is 31.2 Å². The van der Waals surface area contributed by atoms with E-state index >= 15 is 0 Å². The molecule has 0 aliphatic carbocycles. The molecule has 1 atom stereocenters. The Labute approximate surface area is 161 Å². The van der Waals surface area contributed by atoms with Gasteiger partial charge in [0.1, 0.15) is 11.9 Å². The number of benzene rings is 2. The number of nitrogens with zero attached hydrogens (tertiary/aromatic N) is 1. The summed E-state index contributed by atoms with van der Waals surface area (Å²) >= 11 is 1.24. The van der Waals surface area contributed by atoms with E-state index in [1.54, 1.807) is 42.2 Å². The highest BCUT2D eigenvalue weighted by Gasteiger charge is 2.27. The molecule has 2 aromatic carbocycles. The molecule has 1 aromatic heterocycles. The van der Waals surface area contributed by atoms with E-state index in [1.165, 1.54) is 17.4 Å². The molecule has 4 nitrogen and oxygen atoms in total. The summed E-state index contributed by atoms with van der Waals surface area (Å²) in [6.45, 7) is 4.10. The number of carbonyl (C=O) groups is 2. The quantitative estimate of drug-likeness (QED) is 0.656. The predicted octanol–water partition coefficient (Wildman–Crippen LogP) is 4.92. The normalized spacial score (nSPS) is 12.0. The van der Waals surface area contributed by atoms with Crippen molar-refractivity contribution >= 4 is 38.9 Å². The van der Waals surface area contributed by atoms with Gasteiger partial charge >= 0.3 is 0 Å². The second-order valence-corrected chi connectivity index (χ2v) is 7.38. The molecule has 1 unspecified atom stereocenters. The van der Waals surface area contributed by atoms with E-state index in [9.17, 15) is 14.0 Å². The summed E-state index contributed by atoms with van der Waals surface area (Å²) < 4.78 is 14.7. The number of nitrogens with one attached hydrogen (secondary N) is 1. The van der Waals surface area contributed by atoms with Crippen LogP contribution in [-0.4, -0.2) is 29.3 Å². The smallest absolute Gasteiger partial charge is 0.264 e. The number of hydrogen-bond acceptors (Lipinski definition) is 3. The molecule has 0 saturated heterocycles. The number of rotatable bonds is 6. The first kappa shape index (κ1) is 19.0. The van der Waals surface area contributed by atoms with Crippen molar-refractivity contribution < 1.29 is 14.0 Å². The van der Waals surface area contributed by atoms with E-state index in [0.717, 1.165) is 4.70 Å². The van der Waals surface area contributed by atoms with Crippen LogP contribution in [0.3, 0.4) is 0 Å². The first-order valence-electron chi connectivity index (χ1n) is 8.86. The van der Waals surface area contributed by atoms with Crippen LogP contribution in [0.1, 0.15) is 29.9 Å². The van der Waals surface area contributed by atoms with Crippen molar-refractivity contribution in [2.24, 2.45) is 0 Å². The lowest BCUT2D eigenvalue weighted by molar-refractivity contribution is -0.120. The van der Waals surface area contributed by atoms with E-state index in [-0.39, 0.29) is 17.6 Å². The highest BCUT2D eigenvalue weighted by molar-refractivity contribution is 7.20. The van der Waals surface area contributed by atoms with Gasteiger partial charge in [-0.3, -0.25) is 9.59 Å². The van der Waals surface area contributed by atoms with Gasteiger partial charge in [-0.25, -0.2) is 4.39 Å². The molecular weight excluding hydrogens is 363 g/mol. The first-order valence-corrected chi connectivity index (χ1v) is 9.68. The average molecular weight is 384 g/mol. The molecule has 1 N–H and O–H groups in total. The van der Waals surface area contributed by atoms with Crippen molar-refractivity contribution in [2.75, 3.05) is 11.9 Å². The van der Waals surface area contributed by atoms with Gasteiger partial charge in [-0.05, 0) is 43.7 Å². The van der Waals surface area contributed by atoms with Crippen molar-refractivity contribution in [3.05, 3.63) is 65.3 Å². The average Bonchev–Trinajstić information content (AvgIpc) is 3.11. The number of fused-ring (bicyclic) bond motifs is 1. The summed E-state index contributed by atoms with van der Waals surface area (Å²) in [6, 6.07) is 14.8. The summed E-state index contributed by atoms with van der Waals surface area (Å²) in [5, 5.41) is 3.27. The lowest BCUT2D eigenvalue weighted by Crippen LogP contribution is -2.45. The van der Waals surface area contributed by atoms with E-state index < -0.39 is 6.04 Å². The van der Waals surface area contributed by atoms with Gasteiger partial charge in [-0.15, -0.1) is 11.3 Å². The maximum absolute atomic E-state index is 14.0. The summed E-state index contributed by atoms with van der Waals surface area (Å²) in [5.41, 5.74) is 0.683. The molecule has 3 rings (SSSR count). The zero-order valence-corrected chi connectivity index (χ0v) is 16.1. The Kier molecular flexibility index (Phi) is 5.86. The van der Waals surface area contributed by atoms with Crippen molar-refractivity contribution in [3.63, 3.8) is 0 Å². The molecular formula is C21H21FN2O2S. The topological polar surface area (TPSA) is 49.4 Å². The Morgan fingerprint density at radius 3 is 2.56 bits per heavy atom. The molecule has 0 fully saturated rings. The van der Waals surface area contributed by atoms with Crippen LogP contribution in [0.25, 0.3) is 10.1 Å². The third kappa shape index (κ3) is 4.17. The fourth-order valence-electron chi connectivity index (χ4n) is 2.89. The van der Waals surface area contributed by atoms with E-state index in [1.807, 2.05) is 25.1 Å². The van der Waals surface area contributed by atoms with Crippen molar-refractivity contribution in [2.45, 2.75) is 26.3 Å². The maximum Gasteiger partial charge on any atom is 0.264 e. The minimum atomic E-state index is -0.646. The number of thiophene rings is 1. The van der Waals surface area contributed by atoms with Gasteiger partial charge in [0, 0.05) is 22.3 Å². The highest BCUT2D eigenvalue weighted by Crippen LogP contribution is 2.29. The van der Waals surface area contributed by atoms with E-state index in [4.69, 9.17) is 0 Å². The lowest BCUT2D eigenvalue weighted by Gasteiger charge is -2.27. The van der Waals surface area contributed by atoms with Gasteiger partial charge in [-0.2, -0.15) is 0 Å². The minimum absolute atomic E-state index is 0.254. The van der Waals surface area contributed by atoms with Gasteiger partial charge in [0.2, 0.25) is 5.91 Å². The fraction of sp³-hybridized carbons (Fsp3) is 0.238. The van der Waals surface area contributed by atoms with Crippen LogP contribution in [0.15, 0.2) is 54.6 Å². The standard InChI is InChI=1S/C21H21FN2O2S/c1-3-12-24(14(2)20(25)23-15-8-5-4-6-9-15)21(26)19-13-16-17(22)10-7-11-18(16)27-19/h4-11,13-14H,3,12H2,1-2H3,(H,23,25). The Balaban J connectivity index is 1.83. The molecule has 0 saturated carbocycles. The number of amides is 2. The minimum Gasteiger partial charge on any atom is -0.326 e. The van der Waals surface area contributed by atoms with Crippen LogP contribution in [0.4, 0.5) is 10.1 Å². The molecule has 0 radical (unpaired) electrons. The van der Waals surface area contributed by atoms with E-state index in [0.29, 0.717) is 28.9 Å². The Morgan fingerprint density at radius 1 is 1.15 bits per heavy atom. The molecule has 2 amide bonds. The van der Waals surface area contributed by atoms with Gasteiger partial charge in [0.05, 0.1) is 4.88 Å². The second kappa shape index (κ2) is 8.31. The SMILES string of the molecule is CCCN(C(=O)c1cc2c(F)cccc2s1)C(C)C(=O)Nc1ccccc1. The van der Waals surface area contributed by atoms with Crippen molar-refractivity contribution in [3.8, 4) is 0 Å². The maximum atomic E-state index is 14.0. The van der Waals surface area contributed by atoms with Crippen LogP contribution in [0.2, 0.25) is 0 Å². The zero-order valence-electron chi connectivity index (χ0n) is 15.2. The third-order valence-electron chi connectivity index (χ3n) is 4.33. The monoisotopic (exact) mass is 384 g/mol. The molecule has 0 aliphatic rings. The molecule has 27 heavy (non-hydrogen) atoms. The number of para-hydroxylation sites is 1. The lowest BCUT2D eigenvalue weighted by atomic mass is 10.2. The molecule has 0 spiro atoms. The zero-order chi connectivity index (χ0) is 19.4. The van der Waals surface area contributed by atoms with Crippen LogP contribution >= 0.6 is 11.3 Å². The molecule has 0 aliphatic heterocycles. The fourth-order valence-corrected chi connectivity index (χ4v) is 3.93. The van der Waals surface area contributed by atoms with Gasteiger partial charge < -0.3 is 10.2 Å².